The summed E-state index contributed by atoms with van der Waals surface area (Å²) in [6, 6.07) is 9.31. The number of benzene rings is 1. The normalized spacial score (nSPS) is 21.1. The van der Waals surface area contributed by atoms with Crippen molar-refractivity contribution in [3.63, 3.8) is 0 Å². The van der Waals surface area contributed by atoms with E-state index in [2.05, 4.69) is 10.6 Å². The van der Waals surface area contributed by atoms with Gasteiger partial charge < -0.3 is 10.6 Å². The van der Waals surface area contributed by atoms with E-state index < -0.39 is 6.04 Å². The molecule has 1 aliphatic rings. The summed E-state index contributed by atoms with van der Waals surface area (Å²) in [7, 11) is 0. The SMILES string of the molecule is C[C@H](NC(=O)[C@H]1CSCCC(=O)N1)c1ccccc1. The Morgan fingerprint density at radius 1 is 1.42 bits per heavy atom. The number of amides is 2. The van der Waals surface area contributed by atoms with E-state index in [9.17, 15) is 9.59 Å². The summed E-state index contributed by atoms with van der Waals surface area (Å²) in [6.07, 6.45) is 0.489. The summed E-state index contributed by atoms with van der Waals surface area (Å²) in [6.45, 7) is 1.94. The molecular formula is C14H18N2O2S. The fraction of sp³-hybridized carbons (Fsp3) is 0.429. The Hall–Kier alpha value is -1.49. The summed E-state index contributed by atoms with van der Waals surface area (Å²) in [4.78, 5) is 23.6. The Balaban J connectivity index is 1.94. The zero-order chi connectivity index (χ0) is 13.7. The van der Waals surface area contributed by atoms with Crippen molar-refractivity contribution in [3.05, 3.63) is 35.9 Å². The monoisotopic (exact) mass is 278 g/mol. The summed E-state index contributed by atoms with van der Waals surface area (Å²) >= 11 is 1.63. The van der Waals surface area contributed by atoms with Gasteiger partial charge in [-0.3, -0.25) is 9.59 Å². The number of carbonyl (C=O) groups excluding carboxylic acids is 2. The second-order valence-electron chi connectivity index (χ2n) is 4.59. The predicted octanol–water partition coefficient (Wildman–Crippen LogP) is 1.49. The third kappa shape index (κ3) is 3.99. The molecule has 0 aromatic heterocycles. The topological polar surface area (TPSA) is 58.2 Å². The molecule has 19 heavy (non-hydrogen) atoms. The van der Waals surface area contributed by atoms with Crippen molar-refractivity contribution in [1.29, 1.82) is 0 Å². The van der Waals surface area contributed by atoms with E-state index >= 15 is 0 Å². The zero-order valence-electron chi connectivity index (χ0n) is 10.9. The van der Waals surface area contributed by atoms with Crippen molar-refractivity contribution in [2.24, 2.45) is 0 Å². The Morgan fingerprint density at radius 2 is 2.16 bits per heavy atom. The number of nitrogens with one attached hydrogen (secondary N) is 2. The van der Waals surface area contributed by atoms with Gasteiger partial charge in [0.25, 0.3) is 0 Å². The Morgan fingerprint density at radius 3 is 2.89 bits per heavy atom. The van der Waals surface area contributed by atoms with Crippen molar-refractivity contribution in [1.82, 2.24) is 10.6 Å². The van der Waals surface area contributed by atoms with E-state index in [0.29, 0.717) is 12.2 Å². The van der Waals surface area contributed by atoms with Gasteiger partial charge in [0.05, 0.1) is 6.04 Å². The van der Waals surface area contributed by atoms with Crippen LogP contribution < -0.4 is 10.6 Å². The second kappa shape index (κ2) is 6.61. The number of hydrogen-bond donors (Lipinski definition) is 2. The van der Waals surface area contributed by atoms with Gasteiger partial charge in [-0.25, -0.2) is 0 Å². The fourth-order valence-corrected chi connectivity index (χ4v) is 2.92. The lowest BCUT2D eigenvalue weighted by atomic mass is 10.1. The van der Waals surface area contributed by atoms with Gasteiger partial charge in [-0.1, -0.05) is 30.3 Å². The minimum atomic E-state index is -0.425. The maximum Gasteiger partial charge on any atom is 0.243 e. The molecule has 0 saturated carbocycles. The van der Waals surface area contributed by atoms with E-state index in [-0.39, 0.29) is 17.9 Å². The van der Waals surface area contributed by atoms with Crippen molar-refractivity contribution < 1.29 is 9.59 Å². The standard InChI is InChI=1S/C14H18N2O2S/c1-10(11-5-3-2-4-6-11)15-14(18)12-9-19-8-7-13(17)16-12/h2-6,10,12H,7-9H2,1H3,(H,15,18)(H,16,17)/t10-,12+/m0/s1. The van der Waals surface area contributed by atoms with Gasteiger partial charge in [-0.15, -0.1) is 0 Å². The van der Waals surface area contributed by atoms with E-state index in [4.69, 9.17) is 0 Å². The molecular weight excluding hydrogens is 260 g/mol. The maximum absolute atomic E-state index is 12.1. The van der Waals surface area contributed by atoms with Crippen LogP contribution in [0, 0.1) is 0 Å². The van der Waals surface area contributed by atoms with E-state index in [1.54, 1.807) is 11.8 Å². The molecule has 1 aliphatic heterocycles. The summed E-state index contributed by atoms with van der Waals surface area (Å²) in [5.74, 6) is 1.26. The lowest BCUT2D eigenvalue weighted by molar-refractivity contribution is -0.128. The predicted molar refractivity (Wildman–Crippen MR) is 76.9 cm³/mol. The van der Waals surface area contributed by atoms with Gasteiger partial charge in [-0.05, 0) is 12.5 Å². The molecule has 1 fully saturated rings. The number of rotatable bonds is 3. The van der Waals surface area contributed by atoms with Gasteiger partial charge in [-0.2, -0.15) is 11.8 Å². The van der Waals surface area contributed by atoms with Crippen LogP contribution in [0.2, 0.25) is 0 Å². The average molecular weight is 278 g/mol. The first kappa shape index (κ1) is 13.9. The number of carbonyl (C=O) groups is 2. The quantitative estimate of drug-likeness (QED) is 0.880. The maximum atomic E-state index is 12.1. The van der Waals surface area contributed by atoms with Crippen molar-refractivity contribution in [3.8, 4) is 0 Å². The molecule has 1 saturated heterocycles. The minimum Gasteiger partial charge on any atom is -0.348 e. The van der Waals surface area contributed by atoms with Gasteiger partial charge in [0, 0.05) is 17.9 Å². The molecule has 0 radical (unpaired) electrons. The zero-order valence-corrected chi connectivity index (χ0v) is 11.7. The molecule has 1 aromatic rings. The first-order valence-electron chi connectivity index (χ1n) is 6.39. The van der Waals surface area contributed by atoms with Crippen LogP contribution in [-0.2, 0) is 9.59 Å². The highest BCUT2D eigenvalue weighted by molar-refractivity contribution is 7.99. The molecule has 102 valence electrons. The van der Waals surface area contributed by atoms with Crippen molar-refractivity contribution >= 4 is 23.6 Å². The lowest BCUT2D eigenvalue weighted by Gasteiger charge is -2.19. The van der Waals surface area contributed by atoms with E-state index in [1.807, 2.05) is 37.3 Å². The first-order valence-corrected chi connectivity index (χ1v) is 7.54. The van der Waals surface area contributed by atoms with Crippen LogP contribution in [0.25, 0.3) is 0 Å². The summed E-state index contributed by atoms with van der Waals surface area (Å²) < 4.78 is 0. The van der Waals surface area contributed by atoms with Crippen LogP contribution in [0.4, 0.5) is 0 Å². The molecule has 2 amide bonds. The Kier molecular flexibility index (Phi) is 4.85. The van der Waals surface area contributed by atoms with Gasteiger partial charge in [0.1, 0.15) is 6.04 Å². The highest BCUT2D eigenvalue weighted by Crippen LogP contribution is 2.13. The molecule has 0 unspecified atom stereocenters. The van der Waals surface area contributed by atoms with E-state index in [0.717, 1.165) is 11.3 Å². The highest BCUT2D eigenvalue weighted by atomic mass is 32.2. The summed E-state index contributed by atoms with van der Waals surface area (Å²) in [5.41, 5.74) is 1.06. The molecule has 1 aromatic carbocycles. The van der Waals surface area contributed by atoms with Crippen LogP contribution in [0.1, 0.15) is 24.9 Å². The van der Waals surface area contributed by atoms with Crippen LogP contribution in [0.3, 0.4) is 0 Å². The van der Waals surface area contributed by atoms with Gasteiger partial charge >= 0.3 is 0 Å². The van der Waals surface area contributed by atoms with E-state index in [1.165, 1.54) is 0 Å². The molecule has 2 N–H and O–H groups in total. The number of thioether (sulfide) groups is 1. The van der Waals surface area contributed by atoms with Crippen LogP contribution >= 0.6 is 11.8 Å². The Bertz CT molecular complexity index is 450. The van der Waals surface area contributed by atoms with Gasteiger partial charge in [0.2, 0.25) is 11.8 Å². The van der Waals surface area contributed by atoms with Gasteiger partial charge in [0.15, 0.2) is 0 Å². The average Bonchev–Trinajstić information content (AvgIpc) is 2.64. The molecule has 5 heteroatoms. The molecule has 1 heterocycles. The summed E-state index contributed by atoms with van der Waals surface area (Å²) in [5, 5.41) is 5.71. The third-order valence-corrected chi connectivity index (χ3v) is 4.13. The molecule has 2 rings (SSSR count). The Labute approximate surface area is 117 Å². The third-order valence-electron chi connectivity index (χ3n) is 3.07. The molecule has 2 atom stereocenters. The molecule has 0 spiro atoms. The highest BCUT2D eigenvalue weighted by Gasteiger charge is 2.24. The van der Waals surface area contributed by atoms with Crippen molar-refractivity contribution in [2.75, 3.05) is 11.5 Å². The fourth-order valence-electron chi connectivity index (χ4n) is 1.95. The smallest absolute Gasteiger partial charge is 0.243 e. The molecule has 0 aliphatic carbocycles. The molecule has 4 nitrogen and oxygen atoms in total. The van der Waals surface area contributed by atoms with Crippen LogP contribution in [0.5, 0.6) is 0 Å². The van der Waals surface area contributed by atoms with Crippen LogP contribution in [-0.4, -0.2) is 29.4 Å². The molecule has 0 bridgehead atoms. The second-order valence-corrected chi connectivity index (χ2v) is 5.74. The largest absolute Gasteiger partial charge is 0.348 e. The van der Waals surface area contributed by atoms with Crippen molar-refractivity contribution in [2.45, 2.75) is 25.4 Å². The first-order chi connectivity index (χ1) is 9.16. The minimum absolute atomic E-state index is 0.0440. The lowest BCUT2D eigenvalue weighted by Crippen LogP contribution is -2.47. The number of hydrogen-bond acceptors (Lipinski definition) is 3. The van der Waals surface area contributed by atoms with Crippen LogP contribution in [0.15, 0.2) is 30.3 Å².